The Labute approximate surface area is 85.5 Å². The fourth-order valence-electron chi connectivity index (χ4n) is 1.84. The first-order valence-electron chi connectivity index (χ1n) is 5.26. The van der Waals surface area contributed by atoms with E-state index in [0.717, 1.165) is 19.3 Å². The summed E-state index contributed by atoms with van der Waals surface area (Å²) in [7, 11) is 0. The molecule has 0 radical (unpaired) electrons. The molecule has 1 N–H and O–H groups in total. The quantitative estimate of drug-likeness (QED) is 0.691. The third kappa shape index (κ3) is 3.29. The second-order valence-electron chi connectivity index (χ2n) is 5.09. The highest BCUT2D eigenvalue weighted by Crippen LogP contribution is 2.32. The third-order valence-corrected chi connectivity index (χ3v) is 2.54. The van der Waals surface area contributed by atoms with Crippen LogP contribution in [0.25, 0.3) is 0 Å². The Morgan fingerprint density at radius 2 is 2.07 bits per heavy atom. The SMILES string of the molecule is CC(C)(C)OC(=O)[C@@H]1CC[C@H](CO)C1. The molecule has 0 saturated heterocycles. The van der Waals surface area contributed by atoms with Gasteiger partial charge in [-0.2, -0.15) is 0 Å². The van der Waals surface area contributed by atoms with E-state index in [1.54, 1.807) is 0 Å². The van der Waals surface area contributed by atoms with Gasteiger partial charge in [-0.3, -0.25) is 4.79 Å². The van der Waals surface area contributed by atoms with Gasteiger partial charge in [0.15, 0.2) is 0 Å². The molecule has 2 atom stereocenters. The zero-order valence-electron chi connectivity index (χ0n) is 9.25. The first-order chi connectivity index (χ1) is 6.42. The van der Waals surface area contributed by atoms with Gasteiger partial charge in [-0.05, 0) is 46.0 Å². The van der Waals surface area contributed by atoms with Crippen LogP contribution >= 0.6 is 0 Å². The lowest BCUT2D eigenvalue weighted by Crippen LogP contribution is -2.27. The number of ether oxygens (including phenoxy) is 1. The molecule has 1 saturated carbocycles. The summed E-state index contributed by atoms with van der Waals surface area (Å²) in [6, 6.07) is 0. The summed E-state index contributed by atoms with van der Waals surface area (Å²) in [6.45, 7) is 5.83. The molecule has 0 aromatic carbocycles. The second kappa shape index (κ2) is 4.30. The van der Waals surface area contributed by atoms with Crippen molar-refractivity contribution in [2.24, 2.45) is 11.8 Å². The second-order valence-corrected chi connectivity index (χ2v) is 5.09. The monoisotopic (exact) mass is 200 g/mol. The Bertz CT molecular complexity index is 205. The standard InChI is InChI=1S/C11H20O3/c1-11(2,3)14-10(13)9-5-4-8(6-9)7-12/h8-9,12H,4-7H2,1-3H3/t8-,9+/m0/s1. The summed E-state index contributed by atoms with van der Waals surface area (Å²) in [6.07, 6.45) is 2.59. The van der Waals surface area contributed by atoms with Gasteiger partial charge in [0.2, 0.25) is 0 Å². The number of aliphatic hydroxyl groups excluding tert-OH is 1. The molecule has 82 valence electrons. The fraction of sp³-hybridized carbons (Fsp3) is 0.909. The molecule has 0 heterocycles. The number of hydrogen-bond acceptors (Lipinski definition) is 3. The van der Waals surface area contributed by atoms with Crippen molar-refractivity contribution in [2.75, 3.05) is 6.61 Å². The Hall–Kier alpha value is -0.570. The summed E-state index contributed by atoms with van der Waals surface area (Å²) in [5.41, 5.74) is -0.394. The molecule has 0 bridgehead atoms. The van der Waals surface area contributed by atoms with Crippen LogP contribution in [0.1, 0.15) is 40.0 Å². The van der Waals surface area contributed by atoms with Crippen LogP contribution in [0, 0.1) is 11.8 Å². The Morgan fingerprint density at radius 3 is 2.50 bits per heavy atom. The molecule has 0 aliphatic heterocycles. The van der Waals surface area contributed by atoms with E-state index < -0.39 is 5.60 Å². The maximum Gasteiger partial charge on any atom is 0.309 e. The molecule has 0 aromatic rings. The zero-order valence-corrected chi connectivity index (χ0v) is 9.25. The highest BCUT2D eigenvalue weighted by Gasteiger charge is 2.32. The van der Waals surface area contributed by atoms with Crippen molar-refractivity contribution in [1.29, 1.82) is 0 Å². The molecule has 1 fully saturated rings. The smallest absolute Gasteiger partial charge is 0.309 e. The van der Waals surface area contributed by atoms with Gasteiger partial charge in [0.05, 0.1) is 5.92 Å². The largest absolute Gasteiger partial charge is 0.460 e. The lowest BCUT2D eigenvalue weighted by molar-refractivity contribution is -0.159. The van der Waals surface area contributed by atoms with Crippen LogP contribution in [0.2, 0.25) is 0 Å². The Balaban J connectivity index is 2.40. The van der Waals surface area contributed by atoms with Crippen molar-refractivity contribution in [3.05, 3.63) is 0 Å². The minimum atomic E-state index is -0.394. The van der Waals surface area contributed by atoms with Crippen LogP contribution in [0.3, 0.4) is 0 Å². The van der Waals surface area contributed by atoms with E-state index in [1.807, 2.05) is 20.8 Å². The minimum Gasteiger partial charge on any atom is -0.460 e. The van der Waals surface area contributed by atoms with Crippen LogP contribution in [-0.4, -0.2) is 23.3 Å². The average molecular weight is 200 g/mol. The van der Waals surface area contributed by atoms with E-state index >= 15 is 0 Å². The van der Waals surface area contributed by atoms with Gasteiger partial charge in [-0.25, -0.2) is 0 Å². The number of esters is 1. The van der Waals surface area contributed by atoms with E-state index in [9.17, 15) is 4.79 Å². The highest BCUT2D eigenvalue weighted by atomic mass is 16.6. The van der Waals surface area contributed by atoms with Crippen molar-refractivity contribution >= 4 is 5.97 Å². The first kappa shape index (κ1) is 11.5. The molecule has 1 rings (SSSR count). The minimum absolute atomic E-state index is 0.00590. The van der Waals surface area contributed by atoms with Gasteiger partial charge in [0.1, 0.15) is 5.60 Å². The molecular weight excluding hydrogens is 180 g/mol. The fourth-order valence-corrected chi connectivity index (χ4v) is 1.84. The van der Waals surface area contributed by atoms with E-state index in [4.69, 9.17) is 9.84 Å². The van der Waals surface area contributed by atoms with Crippen LogP contribution in [-0.2, 0) is 9.53 Å². The molecule has 0 unspecified atom stereocenters. The van der Waals surface area contributed by atoms with Crippen LogP contribution < -0.4 is 0 Å². The predicted octanol–water partition coefficient (Wildman–Crippen LogP) is 1.74. The zero-order chi connectivity index (χ0) is 10.8. The highest BCUT2D eigenvalue weighted by molar-refractivity contribution is 5.73. The molecule has 0 aromatic heterocycles. The number of carbonyl (C=O) groups excluding carboxylic acids is 1. The van der Waals surface area contributed by atoms with E-state index in [2.05, 4.69) is 0 Å². The molecule has 3 heteroatoms. The number of carbonyl (C=O) groups is 1. The number of aliphatic hydroxyl groups is 1. The predicted molar refractivity (Wildman–Crippen MR) is 53.8 cm³/mol. The maximum atomic E-state index is 11.6. The normalized spacial score (nSPS) is 27.7. The molecule has 0 spiro atoms. The van der Waals surface area contributed by atoms with E-state index in [1.165, 1.54) is 0 Å². The van der Waals surface area contributed by atoms with Crippen molar-refractivity contribution in [3.63, 3.8) is 0 Å². The van der Waals surface area contributed by atoms with Crippen molar-refractivity contribution < 1.29 is 14.6 Å². The third-order valence-electron chi connectivity index (χ3n) is 2.54. The summed E-state index contributed by atoms with van der Waals surface area (Å²) < 4.78 is 5.29. The lowest BCUT2D eigenvalue weighted by atomic mass is 10.1. The molecular formula is C11H20O3. The molecule has 1 aliphatic rings. The van der Waals surface area contributed by atoms with Crippen LogP contribution in [0.15, 0.2) is 0 Å². The van der Waals surface area contributed by atoms with Gasteiger partial charge < -0.3 is 9.84 Å². The summed E-state index contributed by atoms with van der Waals surface area (Å²) >= 11 is 0. The number of rotatable bonds is 2. The maximum absolute atomic E-state index is 11.6. The summed E-state index contributed by atoms with van der Waals surface area (Å²) in [5.74, 6) is 0.201. The van der Waals surface area contributed by atoms with Crippen LogP contribution in [0.5, 0.6) is 0 Å². The Kier molecular flexibility index (Phi) is 3.53. The van der Waals surface area contributed by atoms with Gasteiger partial charge in [0, 0.05) is 6.61 Å². The average Bonchev–Trinajstić information content (AvgIpc) is 2.48. The van der Waals surface area contributed by atoms with Crippen molar-refractivity contribution in [3.8, 4) is 0 Å². The van der Waals surface area contributed by atoms with Crippen molar-refractivity contribution in [1.82, 2.24) is 0 Å². The number of hydrogen-bond donors (Lipinski definition) is 1. The molecule has 1 aliphatic carbocycles. The molecule has 3 nitrogen and oxygen atoms in total. The molecule has 0 amide bonds. The summed E-state index contributed by atoms with van der Waals surface area (Å²) in [5, 5.41) is 8.95. The first-order valence-corrected chi connectivity index (χ1v) is 5.26. The van der Waals surface area contributed by atoms with Gasteiger partial charge >= 0.3 is 5.97 Å². The van der Waals surface area contributed by atoms with Gasteiger partial charge in [-0.15, -0.1) is 0 Å². The van der Waals surface area contributed by atoms with Gasteiger partial charge in [-0.1, -0.05) is 0 Å². The van der Waals surface area contributed by atoms with E-state index in [-0.39, 0.29) is 18.5 Å². The van der Waals surface area contributed by atoms with Crippen molar-refractivity contribution in [2.45, 2.75) is 45.6 Å². The van der Waals surface area contributed by atoms with Gasteiger partial charge in [0.25, 0.3) is 0 Å². The molecule has 14 heavy (non-hydrogen) atoms. The topological polar surface area (TPSA) is 46.5 Å². The van der Waals surface area contributed by atoms with E-state index in [0.29, 0.717) is 5.92 Å². The summed E-state index contributed by atoms with van der Waals surface area (Å²) in [4.78, 5) is 11.6. The Morgan fingerprint density at radius 1 is 1.43 bits per heavy atom. The van der Waals surface area contributed by atoms with Crippen LogP contribution in [0.4, 0.5) is 0 Å². The lowest BCUT2D eigenvalue weighted by Gasteiger charge is -2.22.